The van der Waals surface area contributed by atoms with Gasteiger partial charge in [-0.3, -0.25) is 10.1 Å². The Kier molecular flexibility index (Phi) is 5.36. The summed E-state index contributed by atoms with van der Waals surface area (Å²) in [4.78, 5) is 13.4. The van der Waals surface area contributed by atoms with E-state index in [-0.39, 0.29) is 0 Å². The molecule has 1 aliphatic rings. The number of rotatable bonds is 9. The predicted molar refractivity (Wildman–Crippen MR) is 66.2 cm³/mol. The van der Waals surface area contributed by atoms with Gasteiger partial charge in [-0.25, -0.2) is 0 Å². The van der Waals surface area contributed by atoms with Gasteiger partial charge < -0.3 is 14.7 Å². The van der Waals surface area contributed by atoms with Gasteiger partial charge in [0.15, 0.2) is 0 Å². The van der Waals surface area contributed by atoms with Crippen molar-refractivity contribution >= 4 is 5.97 Å². The molecule has 0 heterocycles. The number of carbonyl (C=O) groups is 1. The van der Waals surface area contributed by atoms with Crippen molar-refractivity contribution in [1.82, 2.24) is 10.2 Å². The molecular formula is C12H24N2O3. The molecular weight excluding hydrogens is 220 g/mol. The highest BCUT2D eigenvalue weighted by molar-refractivity contribution is 5.78. The van der Waals surface area contributed by atoms with Gasteiger partial charge in [-0.2, -0.15) is 0 Å². The maximum Gasteiger partial charge on any atom is 0.323 e. The smallest absolute Gasteiger partial charge is 0.323 e. The lowest BCUT2D eigenvalue weighted by molar-refractivity contribution is -0.144. The van der Waals surface area contributed by atoms with Gasteiger partial charge >= 0.3 is 5.97 Å². The van der Waals surface area contributed by atoms with E-state index in [0.717, 1.165) is 25.9 Å². The monoisotopic (exact) mass is 244 g/mol. The van der Waals surface area contributed by atoms with Crippen molar-refractivity contribution in [3.05, 3.63) is 0 Å². The zero-order chi connectivity index (χ0) is 12.9. The Balaban J connectivity index is 2.35. The van der Waals surface area contributed by atoms with Crippen LogP contribution in [0.3, 0.4) is 0 Å². The number of carboxylic acids is 1. The molecule has 0 amide bonds. The number of methoxy groups -OCH3 is 1. The van der Waals surface area contributed by atoms with Crippen LogP contribution in [0.25, 0.3) is 0 Å². The van der Waals surface area contributed by atoms with Gasteiger partial charge in [0.1, 0.15) is 5.54 Å². The van der Waals surface area contributed by atoms with Gasteiger partial charge in [0.2, 0.25) is 0 Å². The third kappa shape index (κ3) is 5.02. The number of hydrogen-bond acceptors (Lipinski definition) is 4. The largest absolute Gasteiger partial charge is 0.480 e. The molecule has 1 atom stereocenters. The topological polar surface area (TPSA) is 61.8 Å². The van der Waals surface area contributed by atoms with E-state index in [4.69, 9.17) is 4.74 Å². The molecule has 1 fully saturated rings. The summed E-state index contributed by atoms with van der Waals surface area (Å²) >= 11 is 0. The zero-order valence-corrected chi connectivity index (χ0v) is 11.0. The molecule has 1 aliphatic carbocycles. The summed E-state index contributed by atoms with van der Waals surface area (Å²) in [6, 6.07) is 0.403. The lowest BCUT2D eigenvalue weighted by Crippen LogP contribution is -2.52. The Morgan fingerprint density at radius 1 is 1.53 bits per heavy atom. The minimum absolute atomic E-state index is 0.403. The van der Waals surface area contributed by atoms with E-state index < -0.39 is 11.5 Å². The van der Waals surface area contributed by atoms with Gasteiger partial charge in [-0.1, -0.05) is 0 Å². The highest BCUT2D eigenvalue weighted by Crippen LogP contribution is 2.24. The van der Waals surface area contributed by atoms with Gasteiger partial charge in [-0.15, -0.1) is 0 Å². The molecule has 0 spiro atoms. The van der Waals surface area contributed by atoms with Crippen molar-refractivity contribution in [3.8, 4) is 0 Å². The second-order valence-electron chi connectivity index (χ2n) is 5.10. The molecule has 1 saturated carbocycles. The van der Waals surface area contributed by atoms with Crippen LogP contribution >= 0.6 is 0 Å². The van der Waals surface area contributed by atoms with Crippen molar-refractivity contribution in [2.24, 2.45) is 0 Å². The fourth-order valence-corrected chi connectivity index (χ4v) is 1.69. The lowest BCUT2D eigenvalue weighted by atomic mass is 9.97. The van der Waals surface area contributed by atoms with Crippen molar-refractivity contribution in [1.29, 1.82) is 0 Å². The Bertz CT molecular complexity index is 256. The van der Waals surface area contributed by atoms with E-state index in [1.807, 2.05) is 7.05 Å². The maximum absolute atomic E-state index is 11.3. The molecule has 0 aromatic carbocycles. The molecule has 0 aliphatic heterocycles. The average molecular weight is 244 g/mol. The van der Waals surface area contributed by atoms with Crippen LogP contribution in [0.2, 0.25) is 0 Å². The van der Waals surface area contributed by atoms with Crippen molar-refractivity contribution in [2.45, 2.75) is 37.8 Å². The molecule has 0 aromatic rings. The van der Waals surface area contributed by atoms with Crippen molar-refractivity contribution in [2.75, 3.05) is 33.9 Å². The van der Waals surface area contributed by atoms with Crippen LogP contribution in [0, 0.1) is 0 Å². The Labute approximate surface area is 103 Å². The average Bonchev–Trinajstić information content (AvgIpc) is 3.07. The van der Waals surface area contributed by atoms with Crippen LogP contribution in [0.1, 0.15) is 26.2 Å². The summed E-state index contributed by atoms with van der Waals surface area (Å²) < 4.78 is 4.99. The van der Waals surface area contributed by atoms with Crippen LogP contribution in [-0.4, -0.2) is 61.4 Å². The highest BCUT2D eigenvalue weighted by Gasteiger charge is 2.38. The second kappa shape index (κ2) is 6.33. The first-order valence-electron chi connectivity index (χ1n) is 6.16. The second-order valence-corrected chi connectivity index (χ2v) is 5.10. The molecule has 0 bridgehead atoms. The first kappa shape index (κ1) is 14.4. The van der Waals surface area contributed by atoms with Gasteiger partial charge in [0.05, 0.1) is 6.61 Å². The van der Waals surface area contributed by atoms with E-state index in [1.165, 1.54) is 0 Å². The van der Waals surface area contributed by atoms with Crippen LogP contribution in [0.5, 0.6) is 0 Å². The summed E-state index contributed by atoms with van der Waals surface area (Å²) in [6.07, 6.45) is 2.81. The molecule has 2 N–H and O–H groups in total. The molecule has 100 valence electrons. The van der Waals surface area contributed by atoms with Gasteiger partial charge in [-0.05, 0) is 33.2 Å². The summed E-state index contributed by atoms with van der Waals surface area (Å²) in [6.45, 7) is 4.04. The molecule has 5 nitrogen and oxygen atoms in total. The number of ether oxygens (including phenoxy) is 1. The van der Waals surface area contributed by atoms with Crippen LogP contribution in [-0.2, 0) is 9.53 Å². The molecule has 0 saturated heterocycles. The van der Waals surface area contributed by atoms with E-state index in [1.54, 1.807) is 14.0 Å². The highest BCUT2D eigenvalue weighted by atomic mass is 16.5. The summed E-state index contributed by atoms with van der Waals surface area (Å²) in [5, 5.41) is 12.5. The van der Waals surface area contributed by atoms with Crippen LogP contribution in [0.4, 0.5) is 0 Å². The molecule has 17 heavy (non-hydrogen) atoms. The van der Waals surface area contributed by atoms with Crippen molar-refractivity contribution < 1.29 is 14.6 Å². The normalized spacial score (nSPS) is 19.3. The molecule has 0 radical (unpaired) electrons. The fourth-order valence-electron chi connectivity index (χ4n) is 1.69. The number of aliphatic carboxylic acids is 1. The van der Waals surface area contributed by atoms with E-state index in [0.29, 0.717) is 19.1 Å². The first-order chi connectivity index (χ1) is 7.98. The third-order valence-corrected chi connectivity index (χ3v) is 3.24. The number of nitrogens with zero attached hydrogens (tertiary/aromatic N) is 1. The lowest BCUT2D eigenvalue weighted by Gasteiger charge is -2.28. The molecule has 1 rings (SSSR count). The minimum atomic E-state index is -0.803. The van der Waals surface area contributed by atoms with E-state index in [2.05, 4.69) is 10.2 Å². The SMILES string of the molecule is COCCN(C)CCC(C)(NC1CC1)C(=O)O. The molecule has 1 unspecified atom stereocenters. The van der Waals surface area contributed by atoms with E-state index in [9.17, 15) is 9.90 Å². The number of likely N-dealkylation sites (N-methyl/N-ethyl adjacent to an activating group) is 1. The fraction of sp³-hybridized carbons (Fsp3) is 0.917. The van der Waals surface area contributed by atoms with Gasteiger partial charge in [0.25, 0.3) is 0 Å². The quantitative estimate of drug-likeness (QED) is 0.620. The van der Waals surface area contributed by atoms with Crippen LogP contribution < -0.4 is 5.32 Å². The predicted octanol–water partition coefficient (Wildman–Crippen LogP) is 0.550. The minimum Gasteiger partial charge on any atom is -0.480 e. The Hall–Kier alpha value is -0.650. The number of nitrogens with one attached hydrogen (secondary N) is 1. The third-order valence-electron chi connectivity index (χ3n) is 3.24. The summed E-state index contributed by atoms with van der Waals surface area (Å²) in [5.41, 5.74) is -0.803. The summed E-state index contributed by atoms with van der Waals surface area (Å²) in [7, 11) is 3.66. The molecule has 5 heteroatoms. The van der Waals surface area contributed by atoms with Crippen molar-refractivity contribution in [3.63, 3.8) is 0 Å². The molecule has 0 aromatic heterocycles. The standard InChI is InChI=1S/C12H24N2O3/c1-12(11(15)16,13-10-4-5-10)6-7-14(2)8-9-17-3/h10,13H,4-9H2,1-3H3,(H,15,16). The Morgan fingerprint density at radius 2 is 2.18 bits per heavy atom. The van der Waals surface area contributed by atoms with E-state index >= 15 is 0 Å². The maximum atomic E-state index is 11.3. The van der Waals surface area contributed by atoms with Gasteiger partial charge in [0, 0.05) is 26.2 Å². The first-order valence-corrected chi connectivity index (χ1v) is 6.16. The summed E-state index contributed by atoms with van der Waals surface area (Å²) in [5.74, 6) is -0.760. The number of hydrogen-bond donors (Lipinski definition) is 2. The zero-order valence-electron chi connectivity index (χ0n) is 11.0. The van der Waals surface area contributed by atoms with Crippen LogP contribution in [0.15, 0.2) is 0 Å². The number of carboxylic acid groups (broad SMARTS) is 1. The Morgan fingerprint density at radius 3 is 2.65 bits per heavy atom.